The van der Waals surface area contributed by atoms with Crippen molar-refractivity contribution >= 4 is 23.4 Å². The Bertz CT molecular complexity index is 426. The van der Waals surface area contributed by atoms with Crippen LogP contribution in [0.25, 0.3) is 16.5 Å². The summed E-state index contributed by atoms with van der Waals surface area (Å²) in [5, 5.41) is 13.5. The molecule has 0 saturated heterocycles. The van der Waals surface area contributed by atoms with Crippen LogP contribution in [-0.4, -0.2) is 11.1 Å². The predicted octanol–water partition coefficient (Wildman–Crippen LogP) is 2.79. The summed E-state index contributed by atoms with van der Waals surface area (Å²) < 4.78 is 0. The quantitative estimate of drug-likeness (QED) is 0.359. The number of thiophene rings is 1. The van der Waals surface area contributed by atoms with E-state index >= 15 is 0 Å². The van der Waals surface area contributed by atoms with Gasteiger partial charge in [-0.2, -0.15) is 0 Å². The van der Waals surface area contributed by atoms with Gasteiger partial charge in [0.1, 0.15) is 5.70 Å². The summed E-state index contributed by atoms with van der Waals surface area (Å²) in [6.45, 7) is 1.91. The topological polar surface area (TPSA) is 86.1 Å². The number of carboxylic acid groups (broad SMARTS) is 1. The van der Waals surface area contributed by atoms with E-state index in [0.717, 1.165) is 10.4 Å². The van der Waals surface area contributed by atoms with Crippen LogP contribution in [0.4, 0.5) is 0 Å². The molecule has 0 saturated carbocycles. The number of rotatable bonds is 3. The van der Waals surface area contributed by atoms with E-state index in [1.807, 2.05) is 13.0 Å². The van der Waals surface area contributed by atoms with Gasteiger partial charge in [0.25, 0.3) is 0 Å². The number of hydrogen-bond acceptors (Lipinski definition) is 3. The van der Waals surface area contributed by atoms with E-state index in [9.17, 15) is 4.79 Å². The molecule has 1 heterocycles. The largest absolute Gasteiger partial charge is 0.478 e. The van der Waals surface area contributed by atoms with Gasteiger partial charge in [0.2, 0.25) is 0 Å². The molecular weight excluding hydrogens is 202 g/mol. The highest BCUT2D eigenvalue weighted by Crippen LogP contribution is 2.16. The van der Waals surface area contributed by atoms with Crippen LogP contribution in [0.1, 0.15) is 10.4 Å². The Hall–Kier alpha value is -1.78. The molecule has 1 rings (SSSR count). The Morgan fingerprint density at radius 3 is 2.93 bits per heavy atom. The first-order valence-electron chi connectivity index (χ1n) is 3.68. The van der Waals surface area contributed by atoms with Crippen LogP contribution in [0.15, 0.2) is 22.3 Å². The Kier molecular flexibility index (Phi) is 3.28. The molecule has 0 unspecified atom stereocenters. The molecule has 0 spiro atoms. The fourth-order valence-electron chi connectivity index (χ4n) is 0.879. The highest BCUT2D eigenvalue weighted by Gasteiger charge is 2.04. The number of carbonyl (C=O) groups is 1. The van der Waals surface area contributed by atoms with Gasteiger partial charge < -0.3 is 5.11 Å². The molecule has 0 aromatic carbocycles. The van der Waals surface area contributed by atoms with E-state index in [0.29, 0.717) is 0 Å². The van der Waals surface area contributed by atoms with E-state index in [1.165, 1.54) is 17.4 Å². The van der Waals surface area contributed by atoms with E-state index < -0.39 is 5.97 Å². The highest BCUT2D eigenvalue weighted by molar-refractivity contribution is 7.10. The molecule has 0 aliphatic carbocycles. The van der Waals surface area contributed by atoms with Crippen LogP contribution in [0.3, 0.4) is 0 Å². The minimum absolute atomic E-state index is 0.301. The van der Waals surface area contributed by atoms with E-state index in [4.69, 9.17) is 10.6 Å². The molecule has 0 radical (unpaired) electrons. The zero-order chi connectivity index (χ0) is 10.6. The second-order valence-electron chi connectivity index (χ2n) is 2.51. The molecule has 0 atom stereocenters. The highest BCUT2D eigenvalue weighted by atomic mass is 32.1. The molecule has 1 N–H and O–H groups in total. The van der Waals surface area contributed by atoms with Crippen molar-refractivity contribution < 1.29 is 9.90 Å². The zero-order valence-corrected chi connectivity index (χ0v) is 8.15. The third-order valence-corrected chi connectivity index (χ3v) is 2.31. The van der Waals surface area contributed by atoms with Crippen LogP contribution in [-0.2, 0) is 4.79 Å². The minimum Gasteiger partial charge on any atom is -0.478 e. The van der Waals surface area contributed by atoms with Crippen molar-refractivity contribution in [2.45, 2.75) is 6.92 Å². The van der Waals surface area contributed by atoms with Gasteiger partial charge in [0, 0.05) is 9.79 Å². The lowest BCUT2D eigenvalue weighted by molar-refractivity contribution is -0.132. The summed E-state index contributed by atoms with van der Waals surface area (Å²) >= 11 is 1.50. The van der Waals surface area contributed by atoms with Crippen molar-refractivity contribution in [2.75, 3.05) is 0 Å². The van der Waals surface area contributed by atoms with Crippen LogP contribution in [0.2, 0.25) is 0 Å². The second-order valence-corrected chi connectivity index (χ2v) is 3.63. The maximum Gasteiger partial charge on any atom is 0.338 e. The smallest absolute Gasteiger partial charge is 0.338 e. The molecule has 0 amide bonds. The van der Waals surface area contributed by atoms with Gasteiger partial charge in [-0.15, -0.1) is 11.3 Å². The Morgan fingerprint density at radius 1 is 1.79 bits per heavy atom. The average molecular weight is 209 g/mol. The SMILES string of the molecule is Cc1cc(/C=C(/N=[N+]=[N-])C(=O)O)cs1. The van der Waals surface area contributed by atoms with E-state index in [2.05, 4.69) is 10.0 Å². The summed E-state index contributed by atoms with van der Waals surface area (Å²) in [4.78, 5) is 14.1. The first-order chi connectivity index (χ1) is 6.63. The van der Waals surface area contributed by atoms with Gasteiger partial charge in [0.05, 0.1) is 0 Å². The summed E-state index contributed by atoms with van der Waals surface area (Å²) in [7, 11) is 0. The number of hydrogen-bond donors (Lipinski definition) is 1. The summed E-state index contributed by atoms with van der Waals surface area (Å²) in [5.74, 6) is -1.23. The van der Waals surface area contributed by atoms with E-state index in [-0.39, 0.29) is 5.70 Å². The molecule has 72 valence electrons. The first kappa shape index (κ1) is 10.3. The number of azide groups is 1. The number of nitrogens with zero attached hydrogens (tertiary/aromatic N) is 3. The molecule has 0 bridgehead atoms. The molecular formula is C8H7N3O2S. The van der Waals surface area contributed by atoms with Crippen LogP contribution >= 0.6 is 11.3 Å². The monoisotopic (exact) mass is 209 g/mol. The molecule has 1 aromatic rings. The average Bonchev–Trinajstić information content (AvgIpc) is 2.50. The third kappa shape index (κ3) is 2.62. The van der Waals surface area contributed by atoms with Crippen molar-refractivity contribution in [3.8, 4) is 0 Å². The molecule has 14 heavy (non-hydrogen) atoms. The second kappa shape index (κ2) is 4.45. The Labute approximate surface area is 83.9 Å². The number of aliphatic carboxylic acids is 1. The van der Waals surface area contributed by atoms with E-state index in [1.54, 1.807) is 5.38 Å². The fourth-order valence-corrected chi connectivity index (χ4v) is 1.54. The summed E-state index contributed by atoms with van der Waals surface area (Å²) in [5.41, 5.74) is 8.56. The first-order valence-corrected chi connectivity index (χ1v) is 4.56. The van der Waals surface area contributed by atoms with Crippen LogP contribution < -0.4 is 0 Å². The zero-order valence-electron chi connectivity index (χ0n) is 7.34. The Balaban J connectivity index is 3.04. The predicted molar refractivity (Wildman–Crippen MR) is 53.8 cm³/mol. The van der Waals surface area contributed by atoms with Gasteiger partial charge in [-0.25, -0.2) is 4.79 Å². The standard InChI is InChI=1S/C8H7N3O2S/c1-5-2-6(4-14-5)3-7(8(12)13)10-11-9/h2-4H,1H3,(H,12,13)/b7-3+. The van der Waals surface area contributed by atoms with Gasteiger partial charge >= 0.3 is 5.97 Å². The lowest BCUT2D eigenvalue weighted by Crippen LogP contribution is -1.96. The maximum atomic E-state index is 10.6. The summed E-state index contributed by atoms with van der Waals surface area (Å²) in [6, 6.07) is 1.82. The van der Waals surface area contributed by atoms with Crippen LogP contribution in [0.5, 0.6) is 0 Å². The van der Waals surface area contributed by atoms with Crippen molar-refractivity contribution in [1.82, 2.24) is 0 Å². The Morgan fingerprint density at radius 2 is 2.50 bits per heavy atom. The van der Waals surface area contributed by atoms with Crippen molar-refractivity contribution in [1.29, 1.82) is 0 Å². The molecule has 0 aliphatic heterocycles. The van der Waals surface area contributed by atoms with Gasteiger partial charge in [-0.3, -0.25) is 0 Å². The van der Waals surface area contributed by atoms with Gasteiger partial charge in [-0.05, 0) is 35.5 Å². The molecule has 6 heteroatoms. The lowest BCUT2D eigenvalue weighted by Gasteiger charge is -1.90. The fraction of sp³-hybridized carbons (Fsp3) is 0.125. The van der Waals surface area contributed by atoms with Crippen molar-refractivity contribution in [3.63, 3.8) is 0 Å². The summed E-state index contributed by atoms with van der Waals surface area (Å²) in [6.07, 6.45) is 1.34. The molecule has 0 aliphatic rings. The third-order valence-electron chi connectivity index (χ3n) is 1.43. The minimum atomic E-state index is -1.23. The van der Waals surface area contributed by atoms with Crippen molar-refractivity contribution in [3.05, 3.63) is 38.0 Å². The number of carboxylic acids is 1. The number of aryl methyl sites for hydroxylation is 1. The molecule has 0 fully saturated rings. The van der Waals surface area contributed by atoms with Crippen molar-refractivity contribution in [2.24, 2.45) is 5.11 Å². The lowest BCUT2D eigenvalue weighted by atomic mass is 10.2. The normalized spacial score (nSPS) is 10.8. The van der Waals surface area contributed by atoms with Crippen LogP contribution in [0, 0.1) is 6.92 Å². The maximum absolute atomic E-state index is 10.6. The van der Waals surface area contributed by atoms with Gasteiger partial charge in [-0.1, -0.05) is 5.11 Å². The molecule has 5 nitrogen and oxygen atoms in total. The van der Waals surface area contributed by atoms with Gasteiger partial charge in [0.15, 0.2) is 0 Å². The molecule has 1 aromatic heterocycles.